The Morgan fingerprint density at radius 3 is 2.33 bits per heavy atom. The van der Waals surface area contributed by atoms with E-state index in [4.69, 9.17) is 9.47 Å². The minimum Gasteiger partial charge on any atom is -0.496 e. The highest BCUT2D eigenvalue weighted by molar-refractivity contribution is 5.67. The van der Waals surface area contributed by atoms with E-state index in [0.717, 1.165) is 44.8 Å². The molecule has 6 heteroatoms. The fourth-order valence-corrected chi connectivity index (χ4v) is 2.78. The van der Waals surface area contributed by atoms with Crippen LogP contribution >= 0.6 is 0 Å². The van der Waals surface area contributed by atoms with Crippen LogP contribution in [0.25, 0.3) is 0 Å². The molecule has 6 nitrogen and oxygen atoms in total. The average molecular weight is 380 g/mol. The van der Waals surface area contributed by atoms with Crippen LogP contribution in [0.3, 0.4) is 0 Å². The van der Waals surface area contributed by atoms with Crippen molar-refractivity contribution in [2.75, 3.05) is 47.4 Å². The van der Waals surface area contributed by atoms with Crippen LogP contribution in [0.2, 0.25) is 0 Å². The molecule has 154 valence electrons. The largest absolute Gasteiger partial charge is 0.496 e. The molecule has 0 saturated heterocycles. The summed E-state index contributed by atoms with van der Waals surface area (Å²) in [5.41, 5.74) is 0.764. The monoisotopic (exact) mass is 379 g/mol. The van der Waals surface area contributed by atoms with Gasteiger partial charge in [0.05, 0.1) is 7.11 Å². The third-order valence-electron chi connectivity index (χ3n) is 4.10. The maximum absolute atomic E-state index is 11.6. The molecule has 0 unspecified atom stereocenters. The molecule has 0 saturated carbocycles. The number of hydrogen-bond donors (Lipinski definition) is 1. The zero-order valence-corrected chi connectivity index (χ0v) is 17.9. The molecule has 0 radical (unpaired) electrons. The summed E-state index contributed by atoms with van der Waals surface area (Å²) < 4.78 is 10.6. The van der Waals surface area contributed by atoms with Crippen molar-refractivity contribution in [2.24, 2.45) is 0 Å². The first-order valence-electron chi connectivity index (χ1n) is 9.67. The number of methoxy groups -OCH3 is 1. The van der Waals surface area contributed by atoms with Gasteiger partial charge in [-0.1, -0.05) is 18.2 Å². The van der Waals surface area contributed by atoms with Gasteiger partial charge in [-0.15, -0.1) is 0 Å². The molecule has 0 bridgehead atoms. The fourth-order valence-electron chi connectivity index (χ4n) is 2.78. The summed E-state index contributed by atoms with van der Waals surface area (Å²) >= 11 is 0. The molecule has 0 aliphatic carbocycles. The first-order chi connectivity index (χ1) is 12.7. The Morgan fingerprint density at radius 1 is 1.04 bits per heavy atom. The summed E-state index contributed by atoms with van der Waals surface area (Å²) in [5, 5.41) is 2.80. The quantitative estimate of drug-likeness (QED) is 0.598. The molecule has 27 heavy (non-hydrogen) atoms. The number of nitrogens with zero attached hydrogens (tertiary/aromatic N) is 2. The summed E-state index contributed by atoms with van der Waals surface area (Å²) in [6, 6.07) is 8.15. The van der Waals surface area contributed by atoms with E-state index >= 15 is 0 Å². The van der Waals surface area contributed by atoms with Crippen LogP contribution in [0, 0.1) is 0 Å². The molecule has 0 spiro atoms. The molecule has 0 aliphatic rings. The van der Waals surface area contributed by atoms with Gasteiger partial charge in [0.2, 0.25) is 0 Å². The number of rotatable bonds is 11. The summed E-state index contributed by atoms with van der Waals surface area (Å²) in [6.45, 7) is 10.1. The molecule has 0 aliphatic heterocycles. The summed E-state index contributed by atoms with van der Waals surface area (Å²) in [5.74, 6) is 0.943. The number of amides is 1. The second-order valence-electron chi connectivity index (χ2n) is 7.99. The van der Waals surface area contributed by atoms with Gasteiger partial charge in [0, 0.05) is 18.7 Å². The highest BCUT2D eigenvalue weighted by Gasteiger charge is 2.15. The zero-order valence-electron chi connectivity index (χ0n) is 17.9. The summed E-state index contributed by atoms with van der Waals surface area (Å²) in [4.78, 5) is 16.2. The number of benzene rings is 1. The van der Waals surface area contributed by atoms with Crippen LogP contribution in [0.4, 0.5) is 4.79 Å². The molecule has 1 amide bonds. The highest BCUT2D eigenvalue weighted by Crippen LogP contribution is 2.18. The number of para-hydroxylation sites is 1. The van der Waals surface area contributed by atoms with Gasteiger partial charge in [0.1, 0.15) is 11.4 Å². The van der Waals surface area contributed by atoms with Gasteiger partial charge in [-0.3, -0.25) is 0 Å². The molecular formula is C21H37N3O3. The molecule has 0 aromatic heterocycles. The fraction of sp³-hybridized carbons (Fsp3) is 0.667. The lowest BCUT2D eigenvalue weighted by Gasteiger charge is -2.22. The van der Waals surface area contributed by atoms with Crippen molar-refractivity contribution in [3.8, 4) is 5.75 Å². The SMILES string of the molecule is COc1ccccc1CN(C)CCCN(C)CCCNC(=O)OC(C)(C)C. The van der Waals surface area contributed by atoms with E-state index in [0.29, 0.717) is 6.54 Å². The van der Waals surface area contributed by atoms with Crippen molar-refractivity contribution in [3.63, 3.8) is 0 Å². The van der Waals surface area contributed by atoms with Crippen LogP contribution in [0.5, 0.6) is 5.75 Å². The predicted molar refractivity (Wildman–Crippen MR) is 110 cm³/mol. The first kappa shape index (κ1) is 23.2. The van der Waals surface area contributed by atoms with Crippen LogP contribution in [0.1, 0.15) is 39.2 Å². The molecule has 1 N–H and O–H groups in total. The smallest absolute Gasteiger partial charge is 0.407 e. The number of ether oxygens (including phenoxy) is 2. The number of nitrogens with one attached hydrogen (secondary N) is 1. The Morgan fingerprint density at radius 2 is 1.67 bits per heavy atom. The second-order valence-corrected chi connectivity index (χ2v) is 7.99. The number of alkyl carbamates (subject to hydrolysis) is 1. The molecule has 1 rings (SSSR count). The summed E-state index contributed by atoms with van der Waals surface area (Å²) in [6.07, 6.45) is 1.66. The number of carbonyl (C=O) groups excluding carboxylic acids is 1. The Labute approximate surface area is 164 Å². The van der Waals surface area contributed by atoms with Crippen LogP contribution in [-0.2, 0) is 11.3 Å². The lowest BCUT2D eigenvalue weighted by atomic mass is 10.2. The van der Waals surface area contributed by atoms with Gasteiger partial charge >= 0.3 is 6.09 Å². The molecule has 0 atom stereocenters. The van der Waals surface area contributed by atoms with E-state index in [9.17, 15) is 4.79 Å². The lowest BCUT2D eigenvalue weighted by Crippen LogP contribution is -2.34. The van der Waals surface area contributed by atoms with Gasteiger partial charge in [0.25, 0.3) is 0 Å². The Balaban J connectivity index is 2.14. The van der Waals surface area contributed by atoms with Crippen molar-refractivity contribution in [2.45, 2.75) is 45.8 Å². The van der Waals surface area contributed by atoms with Crippen molar-refractivity contribution >= 4 is 6.09 Å². The van der Waals surface area contributed by atoms with Gasteiger partial charge < -0.3 is 24.6 Å². The minimum absolute atomic E-state index is 0.344. The molecule has 1 aromatic carbocycles. The van der Waals surface area contributed by atoms with E-state index in [2.05, 4.69) is 35.3 Å². The van der Waals surface area contributed by atoms with Gasteiger partial charge in [0.15, 0.2) is 0 Å². The van der Waals surface area contributed by atoms with E-state index in [-0.39, 0.29) is 6.09 Å². The van der Waals surface area contributed by atoms with E-state index in [1.165, 1.54) is 5.56 Å². The van der Waals surface area contributed by atoms with Crippen molar-refractivity contribution in [1.82, 2.24) is 15.1 Å². The maximum atomic E-state index is 11.6. The normalized spacial score (nSPS) is 11.7. The Hall–Kier alpha value is -1.79. The molecular weight excluding hydrogens is 342 g/mol. The third kappa shape index (κ3) is 10.8. The third-order valence-corrected chi connectivity index (χ3v) is 4.10. The molecule has 1 aromatic rings. The predicted octanol–water partition coefficient (Wildman–Crippen LogP) is 3.36. The molecule has 0 fully saturated rings. The topological polar surface area (TPSA) is 54.0 Å². The average Bonchev–Trinajstić information content (AvgIpc) is 2.57. The summed E-state index contributed by atoms with van der Waals surface area (Å²) in [7, 11) is 5.97. The van der Waals surface area contributed by atoms with Gasteiger partial charge in [-0.05, 0) is 73.4 Å². The first-order valence-corrected chi connectivity index (χ1v) is 9.67. The molecule has 0 heterocycles. The Bertz CT molecular complexity index is 558. The minimum atomic E-state index is -0.448. The second kappa shape index (κ2) is 11.8. The number of hydrogen-bond acceptors (Lipinski definition) is 5. The van der Waals surface area contributed by atoms with Crippen molar-refractivity contribution < 1.29 is 14.3 Å². The standard InChI is InChI=1S/C21H37N3O3/c1-21(2,3)27-20(25)22-13-9-14-23(4)15-10-16-24(5)17-18-11-7-8-12-19(18)26-6/h7-8,11-12H,9-10,13-17H2,1-6H3,(H,22,25). The van der Waals surface area contributed by atoms with E-state index < -0.39 is 5.60 Å². The van der Waals surface area contributed by atoms with E-state index in [1.54, 1.807) is 7.11 Å². The van der Waals surface area contributed by atoms with Crippen LogP contribution < -0.4 is 10.1 Å². The van der Waals surface area contributed by atoms with Crippen molar-refractivity contribution in [1.29, 1.82) is 0 Å². The Kier molecular flexibility index (Phi) is 10.2. The van der Waals surface area contributed by atoms with Crippen LogP contribution in [0.15, 0.2) is 24.3 Å². The number of carbonyl (C=O) groups is 1. The lowest BCUT2D eigenvalue weighted by molar-refractivity contribution is 0.0526. The highest BCUT2D eigenvalue weighted by atomic mass is 16.6. The maximum Gasteiger partial charge on any atom is 0.407 e. The van der Waals surface area contributed by atoms with Crippen LogP contribution in [-0.4, -0.2) is 68.9 Å². The van der Waals surface area contributed by atoms with Gasteiger partial charge in [-0.25, -0.2) is 4.79 Å². The van der Waals surface area contributed by atoms with Gasteiger partial charge in [-0.2, -0.15) is 0 Å². The zero-order chi connectivity index (χ0) is 20.3. The van der Waals surface area contributed by atoms with Crippen molar-refractivity contribution in [3.05, 3.63) is 29.8 Å². The van der Waals surface area contributed by atoms with E-state index in [1.807, 2.05) is 39.0 Å².